The van der Waals surface area contributed by atoms with E-state index in [0.29, 0.717) is 16.8 Å². The van der Waals surface area contributed by atoms with Gasteiger partial charge in [0.2, 0.25) is 0 Å². The normalized spacial score (nSPS) is 11.1. The Labute approximate surface area is 118 Å². The van der Waals surface area contributed by atoms with Crippen molar-refractivity contribution in [3.05, 3.63) is 57.8 Å². The van der Waals surface area contributed by atoms with Gasteiger partial charge in [0.05, 0.1) is 22.6 Å². The average molecular weight is 294 g/mol. The van der Waals surface area contributed by atoms with Crippen LogP contribution in [0.1, 0.15) is 5.56 Å². The standard InChI is InChI=1S/C13H9ClFN3S/c14-9-5-11-12(6-10(9)15)18(13(19)17-11)7-8-1-3-16-4-2-8/h1-6H,7H2,(H,17,19). The summed E-state index contributed by atoms with van der Waals surface area (Å²) < 4.78 is 15.9. The molecule has 1 N–H and O–H groups in total. The van der Waals surface area contributed by atoms with E-state index >= 15 is 0 Å². The van der Waals surface area contributed by atoms with Gasteiger partial charge in [0.15, 0.2) is 4.77 Å². The minimum atomic E-state index is -0.452. The molecule has 2 heterocycles. The first-order valence-corrected chi connectivity index (χ1v) is 6.40. The molecule has 0 saturated heterocycles. The summed E-state index contributed by atoms with van der Waals surface area (Å²) in [6.07, 6.45) is 3.43. The second-order valence-corrected chi connectivity index (χ2v) is 4.95. The van der Waals surface area contributed by atoms with E-state index in [9.17, 15) is 4.39 Å². The molecule has 19 heavy (non-hydrogen) atoms. The molecule has 1 aromatic carbocycles. The number of hydrogen-bond donors (Lipinski definition) is 1. The Balaban J connectivity index is 2.16. The van der Waals surface area contributed by atoms with E-state index < -0.39 is 5.82 Å². The molecule has 2 aromatic heterocycles. The zero-order valence-corrected chi connectivity index (χ0v) is 11.3. The van der Waals surface area contributed by atoms with Crippen molar-refractivity contribution in [1.29, 1.82) is 0 Å². The van der Waals surface area contributed by atoms with Gasteiger partial charge in [-0.25, -0.2) is 4.39 Å². The molecule has 3 nitrogen and oxygen atoms in total. The summed E-state index contributed by atoms with van der Waals surface area (Å²) in [6, 6.07) is 6.73. The van der Waals surface area contributed by atoms with Crippen molar-refractivity contribution in [2.75, 3.05) is 0 Å². The first-order valence-electron chi connectivity index (χ1n) is 5.61. The van der Waals surface area contributed by atoms with E-state index in [1.54, 1.807) is 18.5 Å². The first-order chi connectivity index (χ1) is 9.15. The molecule has 0 aliphatic rings. The number of rotatable bonds is 2. The third kappa shape index (κ3) is 2.27. The number of H-pyrrole nitrogens is 1. The number of fused-ring (bicyclic) bond motifs is 1. The molecule has 0 fully saturated rings. The number of halogens is 2. The van der Waals surface area contributed by atoms with Crippen molar-refractivity contribution >= 4 is 34.9 Å². The average Bonchev–Trinajstić information content (AvgIpc) is 2.68. The van der Waals surface area contributed by atoms with Gasteiger partial charge in [0.25, 0.3) is 0 Å². The van der Waals surface area contributed by atoms with E-state index in [1.807, 2.05) is 16.7 Å². The second-order valence-electron chi connectivity index (χ2n) is 4.16. The molecule has 0 aliphatic carbocycles. The van der Waals surface area contributed by atoms with Gasteiger partial charge < -0.3 is 9.55 Å². The van der Waals surface area contributed by atoms with Gasteiger partial charge >= 0.3 is 0 Å². The molecule has 0 saturated carbocycles. The van der Waals surface area contributed by atoms with Crippen LogP contribution in [0.2, 0.25) is 5.02 Å². The Hall–Kier alpha value is -1.72. The van der Waals surface area contributed by atoms with Gasteiger partial charge in [0.1, 0.15) is 5.82 Å². The van der Waals surface area contributed by atoms with E-state index in [1.165, 1.54) is 6.07 Å². The molecule has 0 amide bonds. The summed E-state index contributed by atoms with van der Waals surface area (Å²) in [5, 5.41) is 0.0832. The SMILES string of the molecule is Fc1cc2c(cc1Cl)[nH]c(=S)n2Cc1ccncc1. The molecule has 0 aliphatic heterocycles. The minimum Gasteiger partial charge on any atom is -0.331 e. The Bertz CT molecular complexity index is 795. The molecular weight excluding hydrogens is 285 g/mol. The fourth-order valence-electron chi connectivity index (χ4n) is 1.98. The number of aromatic nitrogens is 3. The maximum Gasteiger partial charge on any atom is 0.178 e. The maximum absolute atomic E-state index is 13.6. The quantitative estimate of drug-likeness (QED) is 0.726. The van der Waals surface area contributed by atoms with Gasteiger partial charge in [-0.3, -0.25) is 4.98 Å². The van der Waals surface area contributed by atoms with Crippen LogP contribution in [0, 0.1) is 10.6 Å². The molecule has 3 rings (SSSR count). The van der Waals surface area contributed by atoms with Crippen LogP contribution in [0.15, 0.2) is 36.7 Å². The Morgan fingerprint density at radius 1 is 1.32 bits per heavy atom. The highest BCUT2D eigenvalue weighted by molar-refractivity contribution is 7.71. The number of hydrogen-bond acceptors (Lipinski definition) is 2. The highest BCUT2D eigenvalue weighted by atomic mass is 35.5. The summed E-state index contributed by atoms with van der Waals surface area (Å²) in [7, 11) is 0. The van der Waals surface area contributed by atoms with Gasteiger partial charge in [-0.1, -0.05) is 11.6 Å². The van der Waals surface area contributed by atoms with Gasteiger partial charge in [-0.2, -0.15) is 0 Å². The monoisotopic (exact) mass is 293 g/mol. The Kier molecular flexibility index (Phi) is 3.08. The van der Waals surface area contributed by atoms with E-state index in [0.717, 1.165) is 11.1 Å². The zero-order chi connectivity index (χ0) is 13.4. The van der Waals surface area contributed by atoms with Crippen molar-refractivity contribution < 1.29 is 4.39 Å². The number of nitrogens with one attached hydrogen (secondary N) is 1. The molecule has 3 aromatic rings. The predicted octanol–water partition coefficient (Wildman–Crippen LogP) is 3.93. The number of benzene rings is 1. The largest absolute Gasteiger partial charge is 0.331 e. The maximum atomic E-state index is 13.6. The lowest BCUT2D eigenvalue weighted by Crippen LogP contribution is -1.99. The van der Waals surface area contributed by atoms with Gasteiger partial charge in [-0.15, -0.1) is 0 Å². The molecular formula is C13H9ClFN3S. The van der Waals surface area contributed by atoms with Crippen molar-refractivity contribution in [3.8, 4) is 0 Å². The summed E-state index contributed by atoms with van der Waals surface area (Å²) >= 11 is 11.0. The van der Waals surface area contributed by atoms with Crippen LogP contribution in [-0.2, 0) is 6.54 Å². The molecule has 96 valence electrons. The van der Waals surface area contributed by atoms with Gasteiger partial charge in [0, 0.05) is 18.5 Å². The lowest BCUT2D eigenvalue weighted by atomic mass is 10.2. The molecule has 0 unspecified atom stereocenters. The number of aromatic amines is 1. The Morgan fingerprint density at radius 3 is 2.79 bits per heavy atom. The third-order valence-electron chi connectivity index (χ3n) is 2.91. The van der Waals surface area contributed by atoms with Crippen LogP contribution in [-0.4, -0.2) is 14.5 Å². The number of nitrogens with zero attached hydrogens (tertiary/aromatic N) is 2. The van der Waals surface area contributed by atoms with E-state index in [4.69, 9.17) is 23.8 Å². The summed E-state index contributed by atoms with van der Waals surface area (Å²) in [5.41, 5.74) is 2.47. The van der Waals surface area contributed by atoms with Crippen molar-refractivity contribution in [2.45, 2.75) is 6.54 Å². The summed E-state index contributed by atoms with van der Waals surface area (Å²) in [6.45, 7) is 0.558. The van der Waals surface area contributed by atoms with Crippen LogP contribution >= 0.6 is 23.8 Å². The molecule has 0 spiro atoms. The van der Waals surface area contributed by atoms with Crippen LogP contribution < -0.4 is 0 Å². The fraction of sp³-hybridized carbons (Fsp3) is 0.0769. The zero-order valence-electron chi connectivity index (χ0n) is 9.73. The highest BCUT2D eigenvalue weighted by Crippen LogP contribution is 2.23. The molecule has 0 atom stereocenters. The van der Waals surface area contributed by atoms with Crippen molar-refractivity contribution in [1.82, 2.24) is 14.5 Å². The van der Waals surface area contributed by atoms with E-state index in [2.05, 4.69) is 9.97 Å². The van der Waals surface area contributed by atoms with Crippen LogP contribution in [0.5, 0.6) is 0 Å². The first kappa shape index (κ1) is 12.3. The van der Waals surface area contributed by atoms with Gasteiger partial charge in [-0.05, 0) is 36.0 Å². The molecule has 0 radical (unpaired) electrons. The van der Waals surface area contributed by atoms with Crippen LogP contribution in [0.25, 0.3) is 11.0 Å². The minimum absolute atomic E-state index is 0.0832. The predicted molar refractivity (Wildman–Crippen MR) is 75.4 cm³/mol. The number of imidazole rings is 1. The van der Waals surface area contributed by atoms with E-state index in [-0.39, 0.29) is 5.02 Å². The number of pyridine rings is 1. The van der Waals surface area contributed by atoms with Crippen LogP contribution in [0.4, 0.5) is 4.39 Å². The van der Waals surface area contributed by atoms with Crippen molar-refractivity contribution in [2.24, 2.45) is 0 Å². The lowest BCUT2D eigenvalue weighted by Gasteiger charge is -2.04. The Morgan fingerprint density at radius 2 is 2.05 bits per heavy atom. The topological polar surface area (TPSA) is 33.6 Å². The molecule has 6 heteroatoms. The second kappa shape index (κ2) is 4.75. The van der Waals surface area contributed by atoms with Crippen molar-refractivity contribution in [3.63, 3.8) is 0 Å². The summed E-state index contributed by atoms with van der Waals surface area (Å²) in [4.78, 5) is 6.99. The third-order valence-corrected chi connectivity index (χ3v) is 3.52. The molecule has 0 bridgehead atoms. The highest BCUT2D eigenvalue weighted by Gasteiger charge is 2.09. The fourth-order valence-corrected chi connectivity index (χ4v) is 2.42. The van der Waals surface area contributed by atoms with Crippen LogP contribution in [0.3, 0.4) is 0 Å². The lowest BCUT2D eigenvalue weighted by molar-refractivity contribution is 0.629. The summed E-state index contributed by atoms with van der Waals surface area (Å²) in [5.74, 6) is -0.452. The smallest absolute Gasteiger partial charge is 0.178 e.